The molecule has 0 aromatic heterocycles. The molecule has 1 rings (SSSR count). The SMILES string of the molecule is CC[C@@H]1NC(=O)[C@@H](CC(C)C)NC(=O)[C@@H](CCN)NC(=O)[C@@H](NC(=O)[C@H](CN)NC(=O)[C@@H](NC(=O)[C@H](CCN)NC(=O)CCOC(=O)C(C)(C)CC)C(C)O)CCNC(=O)[C@H](C(C)O)NC(=O)[C@H](CCN)NC(=O)[C@H](CCN)NC1=O. The molecule has 31 nitrogen and oxygen atoms in total. The third kappa shape index (κ3) is 25.0. The van der Waals surface area contributed by atoms with Gasteiger partial charge in [-0.25, -0.2) is 0 Å². The molecule has 2 unspecified atom stereocenters. The standard InChI is InChI=1S/C50H92N16O15/c1-9-28-39(70)59-30(12-18-52)40(71)61-32(14-20-54)44(75)65-37(26(5)67)47(78)56-21-15-33(42(73)60-31(13-19-53)41(72)63-34(23-25(3)4)45(76)58-28)62-46(77)35(24-55)64-48(79)38(27(6)68)66-43(74)29(11-17-51)57-36(69)16-22-81-49(80)50(7,8)10-2/h25-35,37-38,67-68H,9-24,51-55H2,1-8H3,(H,56,78)(H,57,69)(H,58,76)(H,59,70)(H,60,73)(H,61,71)(H,62,77)(H,63,72)(H,64,79)(H,65,75)(H,66,74)/t26?,27?,28-,29-,30-,31+,32-,33-,34+,35-,37-,38-/m0/s1. The zero-order valence-corrected chi connectivity index (χ0v) is 47.9. The summed E-state index contributed by atoms with van der Waals surface area (Å²) in [5.74, 6) is -11.1. The molecule has 0 bridgehead atoms. The van der Waals surface area contributed by atoms with Crippen molar-refractivity contribution in [3.63, 3.8) is 0 Å². The minimum Gasteiger partial charge on any atom is -0.465 e. The molecule has 1 aliphatic rings. The molecule has 0 aliphatic carbocycles. The second-order valence-electron chi connectivity index (χ2n) is 20.8. The summed E-state index contributed by atoms with van der Waals surface area (Å²) in [6.07, 6.45) is -4.17. The Kier molecular flexibility index (Phi) is 32.8. The van der Waals surface area contributed by atoms with Crippen molar-refractivity contribution in [2.45, 2.75) is 186 Å². The number of nitrogens with two attached hydrogens (primary N) is 5. The van der Waals surface area contributed by atoms with Gasteiger partial charge in [-0.15, -0.1) is 0 Å². The van der Waals surface area contributed by atoms with E-state index in [0.717, 1.165) is 6.92 Å². The summed E-state index contributed by atoms with van der Waals surface area (Å²) in [7, 11) is 0. The molecular weight excluding hydrogens is 1060 g/mol. The van der Waals surface area contributed by atoms with Crippen molar-refractivity contribution < 1.29 is 72.5 Å². The van der Waals surface area contributed by atoms with Crippen LogP contribution in [-0.4, -0.2) is 200 Å². The molecule has 1 saturated heterocycles. The van der Waals surface area contributed by atoms with Crippen LogP contribution in [0.5, 0.6) is 0 Å². The average molecular weight is 1160 g/mol. The smallest absolute Gasteiger partial charge is 0.311 e. The van der Waals surface area contributed by atoms with E-state index in [2.05, 4.69) is 58.5 Å². The number of hydrogen-bond donors (Lipinski definition) is 18. The van der Waals surface area contributed by atoms with Crippen LogP contribution >= 0.6 is 0 Å². The number of rotatable bonds is 26. The molecule has 0 saturated carbocycles. The van der Waals surface area contributed by atoms with E-state index < -0.39 is 168 Å². The van der Waals surface area contributed by atoms with Gasteiger partial charge >= 0.3 is 5.97 Å². The third-order valence-corrected chi connectivity index (χ3v) is 13.1. The number of carbonyl (C=O) groups excluding carboxylic acids is 12. The number of carbonyl (C=O) groups is 12. The fourth-order valence-corrected chi connectivity index (χ4v) is 7.80. The second-order valence-corrected chi connectivity index (χ2v) is 20.8. The van der Waals surface area contributed by atoms with Gasteiger partial charge in [0.15, 0.2) is 0 Å². The molecule has 12 atom stereocenters. The maximum absolute atomic E-state index is 14.3. The highest BCUT2D eigenvalue weighted by Crippen LogP contribution is 2.21. The van der Waals surface area contributed by atoms with Crippen LogP contribution < -0.4 is 87.2 Å². The highest BCUT2D eigenvalue weighted by Gasteiger charge is 2.37. The second kappa shape index (κ2) is 36.7. The Morgan fingerprint density at radius 2 is 1.11 bits per heavy atom. The summed E-state index contributed by atoms with van der Waals surface area (Å²) in [5, 5.41) is 48.5. The summed E-state index contributed by atoms with van der Waals surface area (Å²) in [6, 6.07) is -15.0. The molecule has 1 aliphatic heterocycles. The summed E-state index contributed by atoms with van der Waals surface area (Å²) in [4.78, 5) is 163. The van der Waals surface area contributed by atoms with Gasteiger partial charge in [-0.1, -0.05) is 27.7 Å². The van der Waals surface area contributed by atoms with Crippen LogP contribution in [0.4, 0.5) is 0 Å². The molecule has 1 heterocycles. The van der Waals surface area contributed by atoms with Gasteiger partial charge in [-0.3, -0.25) is 57.5 Å². The Hall–Kier alpha value is -6.64. The lowest BCUT2D eigenvalue weighted by Crippen LogP contribution is -2.63. The predicted octanol–water partition coefficient (Wildman–Crippen LogP) is -7.70. The molecule has 0 aromatic rings. The van der Waals surface area contributed by atoms with Crippen LogP contribution in [0.3, 0.4) is 0 Å². The number of hydrogen-bond acceptors (Lipinski definition) is 20. The third-order valence-electron chi connectivity index (χ3n) is 13.1. The van der Waals surface area contributed by atoms with Gasteiger partial charge in [0, 0.05) is 13.1 Å². The fraction of sp³-hybridized carbons (Fsp3) is 0.760. The van der Waals surface area contributed by atoms with Crippen molar-refractivity contribution in [2.75, 3.05) is 45.9 Å². The van der Waals surface area contributed by atoms with Crippen molar-refractivity contribution in [3.05, 3.63) is 0 Å². The van der Waals surface area contributed by atoms with Crippen molar-refractivity contribution in [1.29, 1.82) is 0 Å². The van der Waals surface area contributed by atoms with E-state index in [-0.39, 0.29) is 83.6 Å². The first-order valence-corrected chi connectivity index (χ1v) is 27.4. The lowest BCUT2D eigenvalue weighted by molar-refractivity contribution is -0.154. The van der Waals surface area contributed by atoms with Crippen molar-refractivity contribution >= 4 is 70.9 Å². The monoisotopic (exact) mass is 1160 g/mol. The number of aliphatic hydroxyl groups is 2. The molecule has 462 valence electrons. The maximum atomic E-state index is 14.3. The Bertz CT molecular complexity index is 2130. The molecule has 23 N–H and O–H groups in total. The number of nitrogens with one attached hydrogen (secondary N) is 11. The minimum absolute atomic E-state index is 0.00116. The largest absolute Gasteiger partial charge is 0.465 e. The summed E-state index contributed by atoms with van der Waals surface area (Å²) < 4.78 is 5.20. The van der Waals surface area contributed by atoms with E-state index in [0.29, 0.717) is 6.42 Å². The van der Waals surface area contributed by atoms with E-state index in [1.54, 1.807) is 41.5 Å². The van der Waals surface area contributed by atoms with Gasteiger partial charge in [0.1, 0.15) is 67.0 Å². The van der Waals surface area contributed by atoms with Gasteiger partial charge in [0.25, 0.3) is 0 Å². The zero-order valence-electron chi connectivity index (χ0n) is 47.9. The van der Waals surface area contributed by atoms with Crippen LogP contribution in [0.15, 0.2) is 0 Å². The quantitative estimate of drug-likeness (QED) is 0.0358. The zero-order chi connectivity index (χ0) is 61.7. The molecule has 0 aromatic carbocycles. The molecule has 0 spiro atoms. The van der Waals surface area contributed by atoms with Gasteiger partial charge in [0.05, 0.1) is 24.0 Å². The highest BCUT2D eigenvalue weighted by molar-refractivity contribution is 5.99. The molecule has 81 heavy (non-hydrogen) atoms. The number of esters is 1. The van der Waals surface area contributed by atoms with E-state index >= 15 is 0 Å². The van der Waals surface area contributed by atoms with E-state index in [9.17, 15) is 67.7 Å². The first-order valence-electron chi connectivity index (χ1n) is 27.4. The first kappa shape index (κ1) is 72.4. The lowest BCUT2D eigenvalue weighted by atomic mass is 9.91. The van der Waals surface area contributed by atoms with Gasteiger partial charge in [-0.05, 0) is 111 Å². The van der Waals surface area contributed by atoms with Crippen molar-refractivity contribution in [3.8, 4) is 0 Å². The molecule has 0 radical (unpaired) electrons. The number of ether oxygens (including phenoxy) is 1. The highest BCUT2D eigenvalue weighted by atomic mass is 16.5. The normalized spacial score (nSPS) is 23.2. The Labute approximate surface area is 472 Å². The number of amides is 11. The van der Waals surface area contributed by atoms with Gasteiger partial charge in [-0.2, -0.15) is 0 Å². The Balaban J connectivity index is 3.70. The van der Waals surface area contributed by atoms with E-state index in [1.807, 2.05) is 0 Å². The summed E-state index contributed by atoms with van der Waals surface area (Å²) in [6.45, 7) is 10.6. The summed E-state index contributed by atoms with van der Waals surface area (Å²) in [5.41, 5.74) is 28.3. The van der Waals surface area contributed by atoms with Crippen molar-refractivity contribution in [1.82, 2.24) is 58.5 Å². The number of aliphatic hydroxyl groups excluding tert-OH is 2. The van der Waals surface area contributed by atoms with E-state index in [4.69, 9.17) is 33.4 Å². The Morgan fingerprint density at radius 3 is 1.58 bits per heavy atom. The first-order chi connectivity index (χ1) is 38.0. The average Bonchev–Trinajstić information content (AvgIpc) is 3.40. The predicted molar refractivity (Wildman–Crippen MR) is 293 cm³/mol. The Morgan fingerprint density at radius 1 is 0.617 bits per heavy atom. The summed E-state index contributed by atoms with van der Waals surface area (Å²) >= 11 is 0. The molecular formula is C50H92N16O15. The van der Waals surface area contributed by atoms with Crippen molar-refractivity contribution in [2.24, 2.45) is 40.0 Å². The molecule has 11 amide bonds. The topological polar surface area (TPSA) is 517 Å². The molecule has 31 heteroatoms. The lowest BCUT2D eigenvalue weighted by Gasteiger charge is -2.28. The van der Waals surface area contributed by atoms with Crippen LogP contribution in [0.2, 0.25) is 0 Å². The fourth-order valence-electron chi connectivity index (χ4n) is 7.80. The van der Waals surface area contributed by atoms with Gasteiger partial charge < -0.3 is 102 Å². The minimum atomic E-state index is -1.78. The molecule has 1 fully saturated rings. The van der Waals surface area contributed by atoms with E-state index in [1.165, 1.54) is 6.92 Å². The van der Waals surface area contributed by atoms with Gasteiger partial charge in [0.2, 0.25) is 65.0 Å². The van der Waals surface area contributed by atoms with Crippen LogP contribution in [0, 0.1) is 11.3 Å². The van der Waals surface area contributed by atoms with Crippen LogP contribution in [0.1, 0.15) is 113 Å². The van der Waals surface area contributed by atoms with Crippen LogP contribution in [-0.2, 0) is 62.3 Å². The maximum Gasteiger partial charge on any atom is 0.311 e. The van der Waals surface area contributed by atoms with Crippen LogP contribution in [0.25, 0.3) is 0 Å².